The Labute approximate surface area is 135 Å². The lowest BCUT2D eigenvalue weighted by Gasteiger charge is -2.25. The predicted octanol–water partition coefficient (Wildman–Crippen LogP) is 5.53. The van der Waals surface area contributed by atoms with Gasteiger partial charge in [-0.15, -0.1) is 11.3 Å². The number of hydrogen-bond acceptors (Lipinski definition) is 3. The van der Waals surface area contributed by atoms with Gasteiger partial charge >= 0.3 is 0 Å². The second kappa shape index (κ2) is 5.77. The van der Waals surface area contributed by atoms with Crippen LogP contribution in [-0.2, 0) is 6.42 Å². The van der Waals surface area contributed by atoms with Crippen LogP contribution in [0.4, 0.5) is 5.69 Å². The average Bonchev–Trinajstić information content (AvgIpc) is 2.80. The first kappa shape index (κ1) is 13.9. The van der Waals surface area contributed by atoms with Crippen LogP contribution < -0.4 is 5.32 Å². The molecule has 0 amide bonds. The van der Waals surface area contributed by atoms with Gasteiger partial charge in [0.05, 0.1) is 21.6 Å². The third-order valence-corrected chi connectivity index (χ3v) is 5.35. The van der Waals surface area contributed by atoms with Gasteiger partial charge < -0.3 is 5.32 Å². The minimum atomic E-state index is 0.240. The van der Waals surface area contributed by atoms with Crippen molar-refractivity contribution in [2.45, 2.75) is 25.3 Å². The summed E-state index contributed by atoms with van der Waals surface area (Å²) >= 11 is 11.3. The largest absolute Gasteiger partial charge is 0.377 e. The third-order valence-electron chi connectivity index (χ3n) is 3.52. The van der Waals surface area contributed by atoms with Crippen LogP contribution >= 0.6 is 38.9 Å². The summed E-state index contributed by atoms with van der Waals surface area (Å²) in [5.74, 6) is 0. The molecule has 0 bridgehead atoms. The van der Waals surface area contributed by atoms with Gasteiger partial charge in [0, 0.05) is 9.35 Å². The van der Waals surface area contributed by atoms with Crippen molar-refractivity contribution in [3.63, 3.8) is 0 Å². The Morgan fingerprint density at radius 3 is 3.05 bits per heavy atom. The second-order valence-electron chi connectivity index (χ2n) is 4.82. The zero-order chi connectivity index (χ0) is 14.1. The summed E-state index contributed by atoms with van der Waals surface area (Å²) in [7, 11) is 0. The van der Waals surface area contributed by atoms with Crippen molar-refractivity contribution in [3.05, 3.63) is 49.1 Å². The van der Waals surface area contributed by atoms with Crippen LogP contribution in [0, 0.1) is 11.3 Å². The van der Waals surface area contributed by atoms with Crippen molar-refractivity contribution in [2.24, 2.45) is 0 Å². The fraction of sp³-hybridized carbons (Fsp3) is 0.267. The highest BCUT2D eigenvalue weighted by Gasteiger charge is 2.23. The number of nitrogens with one attached hydrogen (secondary N) is 1. The molecule has 1 atom stereocenters. The Hall–Kier alpha value is -1.02. The predicted molar refractivity (Wildman–Crippen MR) is 87.5 cm³/mol. The first-order valence-corrected chi connectivity index (χ1v) is 8.40. The first-order chi connectivity index (χ1) is 9.67. The highest BCUT2D eigenvalue weighted by Crippen LogP contribution is 2.40. The molecule has 1 aliphatic rings. The van der Waals surface area contributed by atoms with Crippen molar-refractivity contribution >= 4 is 44.6 Å². The molecule has 1 aromatic carbocycles. The molecule has 1 unspecified atom stereocenters. The number of anilines is 1. The lowest BCUT2D eigenvalue weighted by molar-refractivity contribution is 0.608. The van der Waals surface area contributed by atoms with Crippen LogP contribution in [0.1, 0.15) is 34.9 Å². The number of hydrogen-bond donors (Lipinski definition) is 1. The van der Waals surface area contributed by atoms with Gasteiger partial charge in [0.25, 0.3) is 0 Å². The summed E-state index contributed by atoms with van der Waals surface area (Å²) in [6.45, 7) is 0. The Balaban J connectivity index is 1.93. The van der Waals surface area contributed by atoms with Gasteiger partial charge in [-0.3, -0.25) is 0 Å². The molecule has 0 saturated heterocycles. The van der Waals surface area contributed by atoms with Crippen LogP contribution in [0.5, 0.6) is 0 Å². The third kappa shape index (κ3) is 2.71. The minimum Gasteiger partial charge on any atom is -0.377 e. The fourth-order valence-electron chi connectivity index (χ4n) is 2.59. The van der Waals surface area contributed by atoms with E-state index in [-0.39, 0.29) is 6.04 Å². The number of fused-ring (bicyclic) bond motifs is 1. The van der Waals surface area contributed by atoms with Crippen molar-refractivity contribution in [1.82, 2.24) is 0 Å². The monoisotopic (exact) mass is 366 g/mol. The van der Waals surface area contributed by atoms with Crippen molar-refractivity contribution in [3.8, 4) is 6.07 Å². The van der Waals surface area contributed by atoms with E-state index < -0.39 is 0 Å². The number of nitrogens with zero attached hydrogens (tertiary/aromatic N) is 1. The number of thiophene rings is 1. The molecule has 0 radical (unpaired) electrons. The quantitative estimate of drug-likeness (QED) is 0.758. The van der Waals surface area contributed by atoms with Gasteiger partial charge in [-0.1, -0.05) is 27.5 Å². The van der Waals surface area contributed by atoms with Gasteiger partial charge in [0.2, 0.25) is 0 Å². The van der Waals surface area contributed by atoms with Crippen LogP contribution in [0.25, 0.3) is 0 Å². The maximum absolute atomic E-state index is 9.21. The van der Waals surface area contributed by atoms with Crippen LogP contribution in [0.2, 0.25) is 4.34 Å². The molecule has 1 aliphatic carbocycles. The SMILES string of the molecule is N#Cc1ccc(Br)cc1NC1CCCc2sc(Cl)cc21. The molecule has 0 fully saturated rings. The van der Waals surface area contributed by atoms with Gasteiger partial charge in [-0.05, 0) is 49.1 Å². The molecule has 2 nitrogen and oxygen atoms in total. The number of halogens is 2. The highest BCUT2D eigenvalue weighted by molar-refractivity contribution is 9.10. The summed E-state index contributed by atoms with van der Waals surface area (Å²) in [5, 5.41) is 12.7. The molecule has 0 aliphatic heterocycles. The lowest BCUT2D eigenvalue weighted by Crippen LogP contribution is -2.16. The maximum Gasteiger partial charge on any atom is 0.101 e. The van der Waals surface area contributed by atoms with E-state index in [1.54, 1.807) is 11.3 Å². The van der Waals surface area contributed by atoms with E-state index in [1.165, 1.54) is 10.4 Å². The molecule has 1 aromatic heterocycles. The zero-order valence-electron chi connectivity index (χ0n) is 10.6. The topological polar surface area (TPSA) is 35.8 Å². The summed E-state index contributed by atoms with van der Waals surface area (Å²) in [6, 6.07) is 10.2. The molecular weight excluding hydrogens is 356 g/mol. The average molecular weight is 368 g/mol. The molecule has 20 heavy (non-hydrogen) atoms. The van der Waals surface area contributed by atoms with Crippen LogP contribution in [0.15, 0.2) is 28.7 Å². The van der Waals surface area contributed by atoms with Crippen molar-refractivity contribution in [2.75, 3.05) is 5.32 Å². The zero-order valence-corrected chi connectivity index (χ0v) is 13.8. The van der Waals surface area contributed by atoms with Crippen molar-refractivity contribution < 1.29 is 0 Å². The molecule has 0 spiro atoms. The molecule has 5 heteroatoms. The van der Waals surface area contributed by atoms with Crippen LogP contribution in [0.3, 0.4) is 0 Å². The Kier molecular flexibility index (Phi) is 4.02. The summed E-state index contributed by atoms with van der Waals surface area (Å²) in [6.07, 6.45) is 3.32. The Bertz CT molecular complexity index is 690. The second-order valence-corrected chi connectivity index (χ2v) is 7.50. The molecule has 3 rings (SSSR count). The number of aryl methyl sites for hydroxylation is 1. The van der Waals surface area contributed by atoms with Crippen LogP contribution in [-0.4, -0.2) is 0 Å². The van der Waals surface area contributed by atoms with Gasteiger partial charge in [0.1, 0.15) is 6.07 Å². The summed E-state index contributed by atoms with van der Waals surface area (Å²) in [5.41, 5.74) is 2.83. The number of benzene rings is 1. The number of rotatable bonds is 2. The van der Waals surface area contributed by atoms with E-state index in [1.807, 2.05) is 18.2 Å². The first-order valence-electron chi connectivity index (χ1n) is 6.41. The smallest absolute Gasteiger partial charge is 0.101 e. The molecule has 2 aromatic rings. The van der Waals surface area contributed by atoms with Gasteiger partial charge in [0.15, 0.2) is 0 Å². The van der Waals surface area contributed by atoms with E-state index in [9.17, 15) is 5.26 Å². The summed E-state index contributed by atoms with van der Waals surface area (Å²) < 4.78 is 1.82. The molecule has 1 heterocycles. The van der Waals surface area contributed by atoms with Gasteiger partial charge in [-0.2, -0.15) is 5.26 Å². The summed E-state index contributed by atoms with van der Waals surface area (Å²) in [4.78, 5) is 1.37. The van der Waals surface area contributed by atoms with E-state index in [0.29, 0.717) is 5.56 Å². The molecule has 0 saturated carbocycles. The van der Waals surface area contributed by atoms with E-state index >= 15 is 0 Å². The fourth-order valence-corrected chi connectivity index (χ4v) is 4.34. The van der Waals surface area contributed by atoms with Gasteiger partial charge in [-0.25, -0.2) is 0 Å². The van der Waals surface area contributed by atoms with E-state index in [2.05, 4.69) is 33.4 Å². The minimum absolute atomic E-state index is 0.240. The van der Waals surface area contributed by atoms with E-state index in [0.717, 1.165) is 33.8 Å². The lowest BCUT2D eigenvalue weighted by atomic mass is 9.93. The van der Waals surface area contributed by atoms with E-state index in [4.69, 9.17) is 11.6 Å². The normalized spacial score (nSPS) is 17.4. The maximum atomic E-state index is 9.21. The van der Waals surface area contributed by atoms with Crippen molar-refractivity contribution in [1.29, 1.82) is 5.26 Å². The molecule has 1 N–H and O–H groups in total. The Morgan fingerprint density at radius 1 is 1.40 bits per heavy atom. The standard InChI is InChI=1S/C15H12BrClN2S/c16-10-5-4-9(8-18)13(6-10)19-12-2-1-3-14-11(12)7-15(17)20-14/h4-7,12,19H,1-3H2. The Morgan fingerprint density at radius 2 is 2.25 bits per heavy atom. The molecule has 102 valence electrons. The highest BCUT2D eigenvalue weighted by atomic mass is 79.9. The molecular formula is C15H12BrClN2S. The number of nitriles is 1.